The molecule has 0 fully saturated rings. The zero-order chi connectivity index (χ0) is 9.54. The molecule has 0 atom stereocenters. The molecule has 0 spiro atoms. The van der Waals surface area contributed by atoms with Gasteiger partial charge in [-0.3, -0.25) is 4.79 Å². The molecule has 0 radical (unpaired) electrons. The number of rotatable bonds is 0. The highest BCUT2D eigenvalue weighted by molar-refractivity contribution is 5.82. The first-order chi connectivity index (χ1) is 6.83. The molecule has 0 N–H and O–H groups in total. The summed E-state index contributed by atoms with van der Waals surface area (Å²) in [6.45, 7) is 0. The second-order valence-electron chi connectivity index (χ2n) is 3.12. The van der Waals surface area contributed by atoms with Gasteiger partial charge in [0.1, 0.15) is 5.69 Å². The lowest BCUT2D eigenvalue weighted by molar-refractivity contribution is -0.132. The Kier molecular flexibility index (Phi) is 1.33. The molecule has 1 aromatic heterocycles. The Hall–Kier alpha value is -1.97. The predicted molar refractivity (Wildman–Crippen MR) is 48.9 cm³/mol. The highest BCUT2D eigenvalue weighted by Gasteiger charge is 2.23. The van der Waals surface area contributed by atoms with E-state index in [4.69, 9.17) is 4.74 Å². The highest BCUT2D eigenvalue weighted by atomic mass is 16.5. The number of fused-ring (bicyclic) bond motifs is 2. The summed E-state index contributed by atoms with van der Waals surface area (Å²) in [7, 11) is 0. The third-order valence-electron chi connectivity index (χ3n) is 2.13. The summed E-state index contributed by atoms with van der Waals surface area (Å²) in [6.07, 6.45) is 0.229. The van der Waals surface area contributed by atoms with Gasteiger partial charge in [-0.05, 0) is 12.1 Å². The summed E-state index contributed by atoms with van der Waals surface area (Å²) >= 11 is 0. The fraction of sp³-hybridized carbons (Fsp3) is 0.100. The number of hydrogen-bond donors (Lipinski definition) is 0. The summed E-state index contributed by atoms with van der Waals surface area (Å²) in [5.74, 6) is 0.0732. The third kappa shape index (κ3) is 0.970. The van der Waals surface area contributed by atoms with Gasteiger partial charge >= 0.3 is 5.97 Å². The van der Waals surface area contributed by atoms with Gasteiger partial charge in [-0.15, -0.1) is 0 Å². The molecule has 1 aliphatic heterocycles. The van der Waals surface area contributed by atoms with Crippen LogP contribution in [0.25, 0.3) is 11.0 Å². The van der Waals surface area contributed by atoms with Crippen LogP contribution in [-0.4, -0.2) is 15.9 Å². The Balaban J connectivity index is 2.31. The molecule has 0 amide bonds. The van der Waals surface area contributed by atoms with Gasteiger partial charge in [-0.25, -0.2) is 9.97 Å². The number of nitrogens with zero attached hydrogens (tertiary/aromatic N) is 2. The smallest absolute Gasteiger partial charge is 0.318 e. The molecule has 1 aliphatic rings. The number of ether oxygens (including phenoxy) is 1. The molecule has 0 unspecified atom stereocenters. The summed E-state index contributed by atoms with van der Waals surface area (Å²) in [5.41, 5.74) is 2.18. The van der Waals surface area contributed by atoms with Crippen LogP contribution in [0.4, 0.5) is 0 Å². The average Bonchev–Trinajstić information content (AvgIpc) is 2.53. The second-order valence-corrected chi connectivity index (χ2v) is 3.12. The normalized spacial score (nSPS) is 14.1. The zero-order valence-electron chi connectivity index (χ0n) is 7.23. The maximum Gasteiger partial charge on any atom is 0.318 e. The van der Waals surface area contributed by atoms with E-state index in [9.17, 15) is 4.79 Å². The molecule has 14 heavy (non-hydrogen) atoms. The summed E-state index contributed by atoms with van der Waals surface area (Å²) in [6, 6.07) is 7.47. The molecule has 2 heterocycles. The van der Waals surface area contributed by atoms with Crippen molar-refractivity contribution < 1.29 is 9.53 Å². The van der Waals surface area contributed by atoms with Crippen LogP contribution in [0.2, 0.25) is 0 Å². The first kappa shape index (κ1) is 7.44. The number of carbonyl (C=O) groups is 1. The van der Waals surface area contributed by atoms with E-state index >= 15 is 0 Å². The predicted octanol–water partition coefficient (Wildman–Crippen LogP) is 1.09. The lowest BCUT2D eigenvalue weighted by Gasteiger charge is -1.98. The van der Waals surface area contributed by atoms with Crippen molar-refractivity contribution in [1.29, 1.82) is 0 Å². The van der Waals surface area contributed by atoms with E-state index in [1.54, 1.807) is 0 Å². The second kappa shape index (κ2) is 2.51. The van der Waals surface area contributed by atoms with E-state index in [1.165, 1.54) is 0 Å². The first-order valence-corrected chi connectivity index (χ1v) is 4.29. The van der Waals surface area contributed by atoms with Crippen molar-refractivity contribution in [3.63, 3.8) is 0 Å². The number of benzene rings is 1. The van der Waals surface area contributed by atoms with Crippen LogP contribution in [-0.2, 0) is 11.2 Å². The SMILES string of the molecule is O=C1Cc2nc3ccccc3nc2O1. The van der Waals surface area contributed by atoms with Gasteiger partial charge in [0.25, 0.3) is 0 Å². The molecule has 4 heteroatoms. The Morgan fingerprint density at radius 3 is 2.64 bits per heavy atom. The van der Waals surface area contributed by atoms with Crippen LogP contribution in [0.15, 0.2) is 24.3 Å². The molecular weight excluding hydrogens is 180 g/mol. The number of aromatic nitrogens is 2. The van der Waals surface area contributed by atoms with Crippen molar-refractivity contribution >= 4 is 17.0 Å². The maximum absolute atomic E-state index is 11.0. The molecular formula is C10H6N2O2. The van der Waals surface area contributed by atoms with E-state index in [1.807, 2.05) is 24.3 Å². The van der Waals surface area contributed by atoms with Gasteiger partial charge in [0, 0.05) is 0 Å². The average molecular weight is 186 g/mol. The summed E-state index contributed by atoms with van der Waals surface area (Å²) < 4.78 is 4.90. The molecule has 2 aromatic rings. The molecule has 1 aromatic carbocycles. The number of para-hydroxylation sites is 2. The van der Waals surface area contributed by atoms with E-state index in [2.05, 4.69) is 9.97 Å². The lowest BCUT2D eigenvalue weighted by atomic mass is 10.3. The van der Waals surface area contributed by atoms with E-state index < -0.39 is 0 Å². The minimum absolute atomic E-state index is 0.229. The standard InChI is InChI=1S/C10H6N2O2/c13-9-5-8-10(14-9)12-7-4-2-1-3-6(7)11-8/h1-4H,5H2. The minimum atomic E-state index is -0.282. The lowest BCUT2D eigenvalue weighted by Crippen LogP contribution is -2.00. The molecule has 0 aliphatic carbocycles. The van der Waals surface area contributed by atoms with Crippen molar-refractivity contribution in [2.75, 3.05) is 0 Å². The van der Waals surface area contributed by atoms with Crippen molar-refractivity contribution in [3.8, 4) is 5.88 Å². The zero-order valence-corrected chi connectivity index (χ0v) is 7.23. The van der Waals surface area contributed by atoms with Gasteiger partial charge in [0.15, 0.2) is 0 Å². The quantitative estimate of drug-likeness (QED) is 0.578. The Morgan fingerprint density at radius 2 is 1.86 bits per heavy atom. The number of carbonyl (C=O) groups excluding carboxylic acids is 1. The Labute approximate surface area is 79.6 Å². The Bertz CT molecular complexity index is 490. The fourth-order valence-corrected chi connectivity index (χ4v) is 1.50. The molecule has 4 nitrogen and oxygen atoms in total. The van der Waals surface area contributed by atoms with E-state index in [0.29, 0.717) is 11.6 Å². The van der Waals surface area contributed by atoms with Gasteiger partial charge in [0.2, 0.25) is 5.88 Å². The first-order valence-electron chi connectivity index (χ1n) is 4.29. The summed E-state index contributed by atoms with van der Waals surface area (Å²) in [5, 5.41) is 0. The molecule has 0 bridgehead atoms. The minimum Gasteiger partial charge on any atom is -0.405 e. The molecule has 68 valence electrons. The van der Waals surface area contributed by atoms with Crippen molar-refractivity contribution in [3.05, 3.63) is 30.0 Å². The molecule has 3 rings (SSSR count). The van der Waals surface area contributed by atoms with Crippen LogP contribution in [0, 0.1) is 0 Å². The monoisotopic (exact) mass is 186 g/mol. The molecule has 0 saturated carbocycles. The molecule has 0 saturated heterocycles. The Morgan fingerprint density at radius 1 is 1.14 bits per heavy atom. The highest BCUT2D eigenvalue weighted by Crippen LogP contribution is 2.23. The van der Waals surface area contributed by atoms with Crippen LogP contribution < -0.4 is 4.74 Å². The van der Waals surface area contributed by atoms with E-state index in [-0.39, 0.29) is 12.4 Å². The van der Waals surface area contributed by atoms with Gasteiger partial charge < -0.3 is 4.74 Å². The maximum atomic E-state index is 11.0. The van der Waals surface area contributed by atoms with Crippen LogP contribution in [0.3, 0.4) is 0 Å². The van der Waals surface area contributed by atoms with Gasteiger partial charge in [-0.1, -0.05) is 12.1 Å². The summed E-state index contributed by atoms with van der Waals surface area (Å²) in [4.78, 5) is 19.5. The topological polar surface area (TPSA) is 52.1 Å². The van der Waals surface area contributed by atoms with Crippen LogP contribution in [0.1, 0.15) is 5.69 Å². The third-order valence-corrected chi connectivity index (χ3v) is 2.13. The fourth-order valence-electron chi connectivity index (χ4n) is 1.50. The van der Waals surface area contributed by atoms with Crippen LogP contribution in [0.5, 0.6) is 5.88 Å². The van der Waals surface area contributed by atoms with Crippen molar-refractivity contribution in [2.24, 2.45) is 0 Å². The largest absolute Gasteiger partial charge is 0.405 e. The van der Waals surface area contributed by atoms with Crippen molar-refractivity contribution in [2.45, 2.75) is 6.42 Å². The van der Waals surface area contributed by atoms with E-state index in [0.717, 1.165) is 11.0 Å². The van der Waals surface area contributed by atoms with Gasteiger partial charge in [-0.2, -0.15) is 0 Å². The van der Waals surface area contributed by atoms with Crippen molar-refractivity contribution in [1.82, 2.24) is 9.97 Å². The number of esters is 1. The van der Waals surface area contributed by atoms with Gasteiger partial charge in [0.05, 0.1) is 17.5 Å². The van der Waals surface area contributed by atoms with Crippen LogP contribution >= 0.6 is 0 Å². The number of hydrogen-bond acceptors (Lipinski definition) is 4.